The Morgan fingerprint density at radius 2 is 2.22 bits per heavy atom. The standard InChI is InChI=1S/C21H21ClFN3O/c22-14-9-15-20-17-4-2-7-25(17)8-5-18(20)26(21(15)16(23)10-14)12-19(27)13-3-1-6-24-11-13/h1,3,6,9-11,17,19,27H,2,4-5,7-8,12H2/t17-,19-/m1/s1. The van der Waals surface area contributed by atoms with E-state index in [1.807, 2.05) is 16.7 Å². The summed E-state index contributed by atoms with van der Waals surface area (Å²) in [5, 5.41) is 12.1. The summed E-state index contributed by atoms with van der Waals surface area (Å²) in [6, 6.07) is 7.23. The van der Waals surface area contributed by atoms with E-state index < -0.39 is 6.10 Å². The molecule has 0 saturated carbocycles. The number of benzene rings is 1. The highest BCUT2D eigenvalue weighted by Gasteiger charge is 2.36. The molecule has 2 aliphatic rings. The van der Waals surface area contributed by atoms with Gasteiger partial charge in [0.05, 0.1) is 18.2 Å². The highest BCUT2D eigenvalue weighted by atomic mass is 35.5. The van der Waals surface area contributed by atoms with Crippen LogP contribution in [0.3, 0.4) is 0 Å². The molecule has 27 heavy (non-hydrogen) atoms. The van der Waals surface area contributed by atoms with Crippen molar-refractivity contribution in [3.05, 3.63) is 64.3 Å². The zero-order chi connectivity index (χ0) is 18.5. The maximum Gasteiger partial charge on any atom is 0.148 e. The predicted molar refractivity (Wildman–Crippen MR) is 103 cm³/mol. The monoisotopic (exact) mass is 385 g/mol. The van der Waals surface area contributed by atoms with Crippen molar-refractivity contribution in [3.63, 3.8) is 0 Å². The summed E-state index contributed by atoms with van der Waals surface area (Å²) in [5.41, 5.74) is 3.63. The van der Waals surface area contributed by atoms with Crippen LogP contribution < -0.4 is 0 Å². The molecule has 4 heterocycles. The second-order valence-electron chi connectivity index (χ2n) is 7.50. The lowest BCUT2D eigenvalue weighted by Gasteiger charge is -2.31. The van der Waals surface area contributed by atoms with Crippen LogP contribution in [0.15, 0.2) is 36.7 Å². The van der Waals surface area contributed by atoms with Gasteiger partial charge in [-0.1, -0.05) is 17.7 Å². The Morgan fingerprint density at radius 3 is 3.04 bits per heavy atom. The lowest BCUT2D eigenvalue weighted by Crippen LogP contribution is -2.31. The minimum atomic E-state index is -0.741. The molecule has 0 unspecified atom stereocenters. The minimum absolute atomic E-state index is 0.308. The first-order chi connectivity index (χ1) is 13.1. The molecule has 2 atom stereocenters. The van der Waals surface area contributed by atoms with Crippen LogP contribution in [-0.2, 0) is 13.0 Å². The predicted octanol–water partition coefficient (Wildman–Crippen LogP) is 4.26. The molecule has 140 valence electrons. The molecule has 5 rings (SSSR count). The third-order valence-corrected chi connectivity index (χ3v) is 6.20. The van der Waals surface area contributed by atoms with Crippen LogP contribution in [0.2, 0.25) is 5.02 Å². The Labute approximate surface area is 162 Å². The van der Waals surface area contributed by atoms with Gasteiger partial charge in [0, 0.05) is 53.1 Å². The normalized spacial score (nSPS) is 20.6. The van der Waals surface area contributed by atoms with Gasteiger partial charge in [0.15, 0.2) is 0 Å². The molecule has 1 aromatic carbocycles. The van der Waals surface area contributed by atoms with Crippen LogP contribution in [0, 0.1) is 5.82 Å². The number of aromatic nitrogens is 2. The highest BCUT2D eigenvalue weighted by molar-refractivity contribution is 6.31. The molecule has 1 N–H and O–H groups in total. The first kappa shape index (κ1) is 17.2. The summed E-state index contributed by atoms with van der Waals surface area (Å²) < 4.78 is 17.0. The van der Waals surface area contributed by atoms with Crippen LogP contribution in [0.4, 0.5) is 4.39 Å². The third-order valence-electron chi connectivity index (χ3n) is 5.98. The Kier molecular flexibility index (Phi) is 4.19. The number of hydrogen-bond donors (Lipinski definition) is 1. The fraction of sp³-hybridized carbons (Fsp3) is 0.381. The molecule has 0 amide bonds. The smallest absolute Gasteiger partial charge is 0.148 e. The lowest BCUT2D eigenvalue weighted by atomic mass is 9.96. The Bertz CT molecular complexity index is 1000. The number of halogens is 2. The number of pyridine rings is 1. The van der Waals surface area contributed by atoms with Gasteiger partial charge >= 0.3 is 0 Å². The van der Waals surface area contributed by atoms with Gasteiger partial charge < -0.3 is 9.67 Å². The van der Waals surface area contributed by atoms with Gasteiger partial charge in [0.25, 0.3) is 0 Å². The van der Waals surface area contributed by atoms with Crippen molar-refractivity contribution in [1.82, 2.24) is 14.5 Å². The molecule has 4 nitrogen and oxygen atoms in total. The van der Waals surface area contributed by atoms with Crippen molar-refractivity contribution in [2.75, 3.05) is 13.1 Å². The summed E-state index contributed by atoms with van der Waals surface area (Å²) in [4.78, 5) is 6.58. The fourth-order valence-corrected chi connectivity index (χ4v) is 5.05. The summed E-state index contributed by atoms with van der Waals surface area (Å²) in [6.07, 6.45) is 5.71. The van der Waals surface area contributed by atoms with Crippen LogP contribution in [-0.4, -0.2) is 32.6 Å². The van der Waals surface area contributed by atoms with Crippen molar-refractivity contribution in [2.24, 2.45) is 0 Å². The zero-order valence-electron chi connectivity index (χ0n) is 14.9. The second kappa shape index (κ2) is 6.59. The summed E-state index contributed by atoms with van der Waals surface area (Å²) in [5.74, 6) is -0.324. The van der Waals surface area contributed by atoms with E-state index in [1.54, 1.807) is 18.5 Å². The molecule has 0 radical (unpaired) electrons. The van der Waals surface area contributed by atoms with Crippen molar-refractivity contribution >= 4 is 22.5 Å². The first-order valence-electron chi connectivity index (χ1n) is 9.45. The summed E-state index contributed by atoms with van der Waals surface area (Å²) in [6.45, 7) is 2.38. The topological polar surface area (TPSA) is 41.3 Å². The average Bonchev–Trinajstić information content (AvgIpc) is 3.25. The van der Waals surface area contributed by atoms with Crippen LogP contribution in [0.1, 0.15) is 41.8 Å². The number of fused-ring (bicyclic) bond motifs is 5. The minimum Gasteiger partial charge on any atom is -0.386 e. The van der Waals surface area contributed by atoms with Gasteiger partial charge in [0.1, 0.15) is 5.82 Å². The van der Waals surface area contributed by atoms with Crippen LogP contribution >= 0.6 is 11.6 Å². The fourth-order valence-electron chi connectivity index (χ4n) is 4.85. The number of nitrogens with zero attached hydrogens (tertiary/aromatic N) is 3. The molecule has 0 bridgehead atoms. The molecule has 2 aliphatic heterocycles. The Morgan fingerprint density at radius 1 is 1.33 bits per heavy atom. The largest absolute Gasteiger partial charge is 0.386 e. The number of aliphatic hydroxyl groups excluding tert-OH is 1. The van der Waals surface area contributed by atoms with Crippen molar-refractivity contribution in [3.8, 4) is 0 Å². The molecule has 0 aliphatic carbocycles. The van der Waals surface area contributed by atoms with Gasteiger partial charge in [0.2, 0.25) is 0 Å². The van der Waals surface area contributed by atoms with Gasteiger partial charge in [-0.25, -0.2) is 4.39 Å². The Hall–Kier alpha value is -1.95. The van der Waals surface area contributed by atoms with E-state index in [-0.39, 0.29) is 5.82 Å². The average molecular weight is 386 g/mol. The molecule has 6 heteroatoms. The molecular formula is C21H21ClFN3O. The van der Waals surface area contributed by atoms with Crippen molar-refractivity contribution in [1.29, 1.82) is 0 Å². The highest BCUT2D eigenvalue weighted by Crippen LogP contribution is 2.44. The summed E-state index contributed by atoms with van der Waals surface area (Å²) in [7, 11) is 0. The van der Waals surface area contributed by atoms with Crippen molar-refractivity contribution < 1.29 is 9.50 Å². The van der Waals surface area contributed by atoms with Gasteiger partial charge in [-0.3, -0.25) is 9.88 Å². The SMILES string of the molecule is O[C@H](Cn1c2c(c3cc(Cl)cc(F)c31)[C@H]1CCCN1CC2)c1cccnc1. The lowest BCUT2D eigenvalue weighted by molar-refractivity contribution is 0.154. The molecule has 1 saturated heterocycles. The number of aliphatic hydroxyl groups is 1. The van der Waals surface area contributed by atoms with Gasteiger partial charge in [-0.2, -0.15) is 0 Å². The maximum absolute atomic E-state index is 15.0. The number of rotatable bonds is 3. The molecule has 0 spiro atoms. The molecule has 3 aromatic rings. The Balaban J connectivity index is 1.68. The van der Waals surface area contributed by atoms with E-state index in [0.717, 1.165) is 49.0 Å². The van der Waals surface area contributed by atoms with E-state index in [0.29, 0.717) is 23.1 Å². The van der Waals surface area contributed by atoms with E-state index >= 15 is 0 Å². The molecule has 2 aromatic heterocycles. The first-order valence-corrected chi connectivity index (χ1v) is 9.83. The second-order valence-corrected chi connectivity index (χ2v) is 7.94. The maximum atomic E-state index is 15.0. The van der Waals surface area contributed by atoms with E-state index in [1.165, 1.54) is 11.6 Å². The van der Waals surface area contributed by atoms with E-state index in [9.17, 15) is 9.50 Å². The van der Waals surface area contributed by atoms with Gasteiger partial charge in [-0.05, 0) is 43.1 Å². The molecule has 1 fully saturated rings. The van der Waals surface area contributed by atoms with E-state index in [4.69, 9.17) is 11.6 Å². The quantitative estimate of drug-likeness (QED) is 0.732. The zero-order valence-corrected chi connectivity index (χ0v) is 15.7. The van der Waals surface area contributed by atoms with Gasteiger partial charge in [-0.15, -0.1) is 0 Å². The summed E-state index contributed by atoms with van der Waals surface area (Å²) >= 11 is 6.20. The van der Waals surface area contributed by atoms with Crippen LogP contribution in [0.5, 0.6) is 0 Å². The third kappa shape index (κ3) is 2.76. The number of hydrogen-bond acceptors (Lipinski definition) is 3. The van der Waals surface area contributed by atoms with Crippen molar-refractivity contribution in [2.45, 2.75) is 38.0 Å². The van der Waals surface area contributed by atoms with E-state index in [2.05, 4.69) is 9.88 Å². The molecular weight excluding hydrogens is 365 g/mol. The van der Waals surface area contributed by atoms with Crippen LogP contribution in [0.25, 0.3) is 10.9 Å².